The predicted octanol–water partition coefficient (Wildman–Crippen LogP) is 2.67. The molecule has 0 saturated heterocycles. The van der Waals surface area contributed by atoms with Crippen molar-refractivity contribution in [3.05, 3.63) is 29.0 Å². The van der Waals surface area contributed by atoms with E-state index in [-0.39, 0.29) is 11.9 Å². The first-order valence-electron chi connectivity index (χ1n) is 5.68. The van der Waals surface area contributed by atoms with E-state index in [1.165, 1.54) is 11.3 Å². The van der Waals surface area contributed by atoms with Crippen LogP contribution in [0.1, 0.15) is 35.3 Å². The number of rotatable bonds is 3. The number of thiazole rings is 1. The number of hydrogen-bond acceptors (Lipinski definition) is 4. The van der Waals surface area contributed by atoms with Crippen LogP contribution in [0.3, 0.4) is 0 Å². The van der Waals surface area contributed by atoms with Gasteiger partial charge >= 0.3 is 0 Å². The molecule has 5 nitrogen and oxygen atoms in total. The molecule has 0 aliphatic carbocycles. The third-order valence-electron chi connectivity index (χ3n) is 2.50. The topological polar surface area (TPSA) is 72.9 Å². The number of aryl methyl sites for hydroxylation is 1. The first-order valence-corrected chi connectivity index (χ1v) is 6.50. The van der Waals surface area contributed by atoms with Crippen molar-refractivity contribution in [3.8, 4) is 0 Å². The van der Waals surface area contributed by atoms with Gasteiger partial charge in [-0.3, -0.25) is 10.1 Å². The first-order chi connectivity index (χ1) is 8.47. The molecule has 0 aliphatic rings. The second-order valence-corrected chi connectivity index (χ2v) is 5.62. The van der Waals surface area contributed by atoms with Gasteiger partial charge in [0.2, 0.25) is 0 Å². The number of hydrogen-bond donors (Lipinski definition) is 2. The lowest BCUT2D eigenvalue weighted by Gasteiger charge is -2.11. The van der Waals surface area contributed by atoms with Crippen molar-refractivity contribution < 1.29 is 4.79 Å². The molecular weight excluding hydrogens is 248 g/mol. The fraction of sp³-hybridized carbons (Fsp3) is 0.333. The molecule has 0 radical (unpaired) electrons. The van der Waals surface area contributed by atoms with Gasteiger partial charge in [-0.15, -0.1) is 11.3 Å². The highest BCUT2D eigenvalue weighted by molar-refractivity contribution is 7.15. The van der Waals surface area contributed by atoms with Crippen molar-refractivity contribution in [3.63, 3.8) is 0 Å². The van der Waals surface area contributed by atoms with Gasteiger partial charge in [0.05, 0.1) is 5.69 Å². The summed E-state index contributed by atoms with van der Waals surface area (Å²) < 4.78 is 1.85. The second-order valence-electron chi connectivity index (χ2n) is 4.39. The maximum Gasteiger partial charge on any atom is 0.274 e. The van der Waals surface area contributed by atoms with Crippen molar-refractivity contribution in [1.82, 2.24) is 9.55 Å². The number of carbonyl (C=O) groups excluding carboxylic acids is 1. The summed E-state index contributed by atoms with van der Waals surface area (Å²) in [5.74, 6) is -0.185. The van der Waals surface area contributed by atoms with Crippen molar-refractivity contribution in [2.45, 2.75) is 26.8 Å². The highest BCUT2D eigenvalue weighted by atomic mass is 32.1. The summed E-state index contributed by atoms with van der Waals surface area (Å²) in [6.45, 7) is 5.95. The van der Waals surface area contributed by atoms with Gasteiger partial charge in [-0.1, -0.05) is 0 Å². The molecule has 0 aromatic carbocycles. The van der Waals surface area contributed by atoms with E-state index in [4.69, 9.17) is 5.73 Å². The molecule has 2 heterocycles. The Balaban J connectivity index is 2.23. The van der Waals surface area contributed by atoms with Crippen LogP contribution in [0, 0.1) is 6.92 Å². The summed E-state index contributed by atoms with van der Waals surface area (Å²) in [4.78, 5) is 17.3. The molecule has 0 saturated carbocycles. The van der Waals surface area contributed by atoms with E-state index in [1.54, 1.807) is 18.5 Å². The zero-order chi connectivity index (χ0) is 13.3. The lowest BCUT2D eigenvalue weighted by atomic mass is 10.3. The predicted molar refractivity (Wildman–Crippen MR) is 74.0 cm³/mol. The Hall–Kier alpha value is -1.82. The van der Waals surface area contributed by atoms with Crippen LogP contribution in [-0.4, -0.2) is 15.5 Å². The van der Waals surface area contributed by atoms with Gasteiger partial charge in [0.25, 0.3) is 5.91 Å². The Kier molecular flexibility index (Phi) is 3.38. The van der Waals surface area contributed by atoms with E-state index in [1.807, 2.05) is 25.3 Å². The molecule has 0 atom stereocenters. The summed E-state index contributed by atoms with van der Waals surface area (Å²) >= 11 is 1.45. The molecule has 0 unspecified atom stereocenters. The standard InChI is InChI=1S/C12H16N4OS/c1-7(2)16-6-9(13)4-10(16)11(17)15-12-14-5-8(3)18-12/h4-7H,13H2,1-3H3,(H,14,15,17). The molecule has 6 heteroatoms. The average molecular weight is 264 g/mol. The van der Waals surface area contributed by atoms with Gasteiger partial charge in [0.15, 0.2) is 5.13 Å². The molecule has 0 bridgehead atoms. The van der Waals surface area contributed by atoms with Gasteiger partial charge in [0.1, 0.15) is 5.69 Å². The quantitative estimate of drug-likeness (QED) is 0.895. The molecule has 1 amide bonds. The van der Waals surface area contributed by atoms with E-state index in [0.29, 0.717) is 16.5 Å². The van der Waals surface area contributed by atoms with Gasteiger partial charge in [-0.2, -0.15) is 0 Å². The van der Waals surface area contributed by atoms with Gasteiger partial charge < -0.3 is 10.3 Å². The molecule has 18 heavy (non-hydrogen) atoms. The maximum absolute atomic E-state index is 12.1. The second kappa shape index (κ2) is 4.81. The Labute approximate surface area is 110 Å². The molecule has 3 N–H and O–H groups in total. The van der Waals surface area contributed by atoms with Crippen molar-refractivity contribution in [2.24, 2.45) is 0 Å². The number of nitrogens with zero attached hydrogens (tertiary/aromatic N) is 2. The van der Waals surface area contributed by atoms with Crippen molar-refractivity contribution in [1.29, 1.82) is 0 Å². The fourth-order valence-corrected chi connectivity index (χ4v) is 2.34. The number of anilines is 2. The van der Waals surface area contributed by atoms with Crippen LogP contribution in [0.5, 0.6) is 0 Å². The molecular formula is C12H16N4OS. The van der Waals surface area contributed by atoms with Crippen LogP contribution in [0.15, 0.2) is 18.5 Å². The zero-order valence-corrected chi connectivity index (χ0v) is 11.4. The van der Waals surface area contributed by atoms with E-state index >= 15 is 0 Å². The lowest BCUT2D eigenvalue weighted by Crippen LogP contribution is -2.17. The minimum atomic E-state index is -0.185. The third-order valence-corrected chi connectivity index (χ3v) is 3.33. The number of carbonyl (C=O) groups is 1. The SMILES string of the molecule is Cc1cnc(NC(=O)c2cc(N)cn2C(C)C)s1. The zero-order valence-electron chi connectivity index (χ0n) is 10.6. The first kappa shape index (κ1) is 12.6. The van der Waals surface area contributed by atoms with Crippen molar-refractivity contribution >= 4 is 28.1 Å². The highest BCUT2D eigenvalue weighted by Gasteiger charge is 2.15. The number of nitrogens with one attached hydrogen (secondary N) is 1. The fourth-order valence-electron chi connectivity index (χ4n) is 1.68. The van der Waals surface area contributed by atoms with Crippen LogP contribution in [0.25, 0.3) is 0 Å². The lowest BCUT2D eigenvalue weighted by molar-refractivity contribution is 0.101. The molecule has 0 spiro atoms. The van der Waals surface area contributed by atoms with Crippen molar-refractivity contribution in [2.75, 3.05) is 11.1 Å². The normalized spacial score (nSPS) is 10.9. The average Bonchev–Trinajstić information content (AvgIpc) is 2.85. The maximum atomic E-state index is 12.1. The van der Waals surface area contributed by atoms with Crippen LogP contribution in [-0.2, 0) is 0 Å². The number of aromatic nitrogens is 2. The smallest absolute Gasteiger partial charge is 0.274 e. The minimum Gasteiger partial charge on any atom is -0.397 e. The summed E-state index contributed by atoms with van der Waals surface area (Å²) in [7, 11) is 0. The molecule has 2 rings (SSSR count). The van der Waals surface area contributed by atoms with E-state index in [2.05, 4.69) is 10.3 Å². The number of nitrogen functional groups attached to an aromatic ring is 1. The summed E-state index contributed by atoms with van der Waals surface area (Å²) in [6.07, 6.45) is 3.50. The molecule has 0 aliphatic heterocycles. The van der Waals surface area contributed by atoms with Crippen LogP contribution < -0.4 is 11.1 Å². The van der Waals surface area contributed by atoms with Crippen LogP contribution >= 0.6 is 11.3 Å². The highest BCUT2D eigenvalue weighted by Crippen LogP contribution is 2.20. The van der Waals surface area contributed by atoms with E-state index < -0.39 is 0 Å². The van der Waals surface area contributed by atoms with E-state index in [0.717, 1.165) is 4.88 Å². The van der Waals surface area contributed by atoms with Crippen LogP contribution in [0.4, 0.5) is 10.8 Å². The summed E-state index contributed by atoms with van der Waals surface area (Å²) in [5.41, 5.74) is 6.88. The van der Waals surface area contributed by atoms with Gasteiger partial charge in [-0.05, 0) is 26.8 Å². The molecule has 96 valence electrons. The molecule has 2 aromatic rings. The number of nitrogens with two attached hydrogens (primary N) is 1. The minimum absolute atomic E-state index is 0.182. The summed E-state index contributed by atoms with van der Waals surface area (Å²) in [5, 5.41) is 3.38. The third kappa shape index (κ3) is 2.53. The monoisotopic (exact) mass is 264 g/mol. The summed E-state index contributed by atoms with van der Waals surface area (Å²) in [6, 6.07) is 1.86. The van der Waals surface area contributed by atoms with E-state index in [9.17, 15) is 4.79 Å². The van der Waals surface area contributed by atoms with Gasteiger partial charge in [-0.25, -0.2) is 4.98 Å². The Morgan fingerprint density at radius 1 is 1.56 bits per heavy atom. The largest absolute Gasteiger partial charge is 0.397 e. The molecule has 2 aromatic heterocycles. The Morgan fingerprint density at radius 2 is 2.28 bits per heavy atom. The molecule has 0 fully saturated rings. The van der Waals surface area contributed by atoms with Gasteiger partial charge in [0, 0.05) is 23.3 Å². The Morgan fingerprint density at radius 3 is 2.83 bits per heavy atom. The number of amides is 1. The Bertz CT molecular complexity index is 570. The van der Waals surface area contributed by atoms with Crippen LogP contribution in [0.2, 0.25) is 0 Å².